The zero-order chi connectivity index (χ0) is 24.6. The monoisotopic (exact) mass is 476 g/mol. The van der Waals surface area contributed by atoms with Crippen molar-refractivity contribution in [2.75, 3.05) is 13.7 Å². The fraction of sp³-hybridized carbons (Fsp3) is 0.222. The molecule has 0 aromatic heterocycles. The minimum Gasteiger partial charge on any atom is -0.452 e. The number of benzene rings is 3. The Kier molecular flexibility index (Phi) is 7.87. The second-order valence-electron chi connectivity index (χ2n) is 7.72. The quantitative estimate of drug-likeness (QED) is 0.376. The van der Waals surface area contributed by atoms with Crippen LogP contribution >= 0.6 is 0 Å². The minimum absolute atomic E-state index is 0.136. The van der Waals surface area contributed by atoms with Gasteiger partial charge in [-0.05, 0) is 36.4 Å². The molecule has 0 radical (unpaired) electrons. The highest BCUT2D eigenvalue weighted by atomic mass is 16.7. The highest BCUT2D eigenvalue weighted by Gasteiger charge is 2.48. The van der Waals surface area contributed by atoms with Gasteiger partial charge in [-0.3, -0.25) is 0 Å². The van der Waals surface area contributed by atoms with E-state index in [1.807, 2.05) is 0 Å². The van der Waals surface area contributed by atoms with Crippen molar-refractivity contribution in [2.45, 2.75) is 24.6 Å². The summed E-state index contributed by atoms with van der Waals surface area (Å²) in [4.78, 5) is 38.5. The third-order valence-electron chi connectivity index (χ3n) is 5.39. The van der Waals surface area contributed by atoms with Crippen molar-refractivity contribution in [3.63, 3.8) is 0 Å². The van der Waals surface area contributed by atoms with Crippen LogP contribution in [0, 0.1) is 0 Å². The van der Waals surface area contributed by atoms with Gasteiger partial charge in [-0.15, -0.1) is 0 Å². The second-order valence-corrected chi connectivity index (χ2v) is 7.72. The Labute approximate surface area is 202 Å². The van der Waals surface area contributed by atoms with Crippen LogP contribution in [0.4, 0.5) is 0 Å². The molecule has 0 bridgehead atoms. The summed E-state index contributed by atoms with van der Waals surface area (Å²) in [5.41, 5.74) is 0.889. The number of carbonyl (C=O) groups excluding carboxylic acids is 3. The molecule has 35 heavy (non-hydrogen) atoms. The predicted octanol–water partition coefficient (Wildman–Crippen LogP) is 3.67. The Balaban J connectivity index is 1.62. The molecule has 8 nitrogen and oxygen atoms in total. The van der Waals surface area contributed by atoms with Crippen LogP contribution in [0.5, 0.6) is 0 Å². The van der Waals surface area contributed by atoms with Crippen molar-refractivity contribution in [3.8, 4) is 0 Å². The molecule has 1 aliphatic rings. The number of carbonyl (C=O) groups is 3. The molecule has 180 valence electrons. The zero-order valence-electron chi connectivity index (χ0n) is 18.9. The van der Waals surface area contributed by atoms with Crippen molar-refractivity contribution in [1.82, 2.24) is 0 Å². The molecule has 4 rings (SSSR count). The number of ether oxygens (including phenoxy) is 5. The van der Waals surface area contributed by atoms with E-state index in [4.69, 9.17) is 23.7 Å². The molecule has 1 aliphatic heterocycles. The number of hydrogen-bond donors (Lipinski definition) is 0. The van der Waals surface area contributed by atoms with Crippen LogP contribution < -0.4 is 0 Å². The molecule has 0 unspecified atom stereocenters. The van der Waals surface area contributed by atoms with Crippen LogP contribution in [0.2, 0.25) is 0 Å². The molecule has 0 amide bonds. The van der Waals surface area contributed by atoms with Crippen molar-refractivity contribution < 1.29 is 38.1 Å². The SMILES string of the molecule is CO[C@H]1OC[C@@H](OC(=O)c2ccccc2)[C@H](OC(=O)c2ccccc2)[C@@H]1OC(=O)c1ccccc1. The molecule has 8 heteroatoms. The average Bonchev–Trinajstić information content (AvgIpc) is 2.91. The summed E-state index contributed by atoms with van der Waals surface area (Å²) >= 11 is 0. The van der Waals surface area contributed by atoms with Crippen LogP contribution in [0.1, 0.15) is 31.1 Å². The van der Waals surface area contributed by atoms with E-state index in [0.29, 0.717) is 11.1 Å². The van der Waals surface area contributed by atoms with E-state index in [0.717, 1.165) is 0 Å². The van der Waals surface area contributed by atoms with Gasteiger partial charge >= 0.3 is 17.9 Å². The van der Waals surface area contributed by atoms with Gasteiger partial charge in [0.1, 0.15) is 0 Å². The first-order valence-electron chi connectivity index (χ1n) is 11.0. The van der Waals surface area contributed by atoms with Crippen LogP contribution in [-0.4, -0.2) is 56.2 Å². The van der Waals surface area contributed by atoms with Gasteiger partial charge in [0.05, 0.1) is 23.3 Å². The van der Waals surface area contributed by atoms with Crippen molar-refractivity contribution >= 4 is 17.9 Å². The maximum atomic E-state index is 12.9. The van der Waals surface area contributed by atoms with Gasteiger partial charge in [0.15, 0.2) is 24.6 Å². The lowest BCUT2D eigenvalue weighted by molar-refractivity contribution is -0.260. The molecule has 0 aliphatic carbocycles. The highest BCUT2D eigenvalue weighted by Crippen LogP contribution is 2.27. The Bertz CT molecular complexity index is 1130. The summed E-state index contributed by atoms with van der Waals surface area (Å²) in [7, 11) is 1.38. The maximum absolute atomic E-state index is 12.9. The molecule has 1 heterocycles. The van der Waals surface area contributed by atoms with E-state index in [1.54, 1.807) is 91.0 Å². The molecule has 3 aromatic carbocycles. The lowest BCUT2D eigenvalue weighted by atomic mass is 10.0. The lowest BCUT2D eigenvalue weighted by Gasteiger charge is -2.40. The molecular weight excluding hydrogens is 452 g/mol. The Hall–Kier alpha value is -4.01. The van der Waals surface area contributed by atoms with E-state index in [9.17, 15) is 14.4 Å². The van der Waals surface area contributed by atoms with Gasteiger partial charge in [-0.25, -0.2) is 14.4 Å². The second kappa shape index (κ2) is 11.4. The molecule has 1 fully saturated rings. The van der Waals surface area contributed by atoms with Crippen LogP contribution in [0.15, 0.2) is 91.0 Å². The van der Waals surface area contributed by atoms with E-state index in [-0.39, 0.29) is 12.2 Å². The summed E-state index contributed by atoms with van der Waals surface area (Å²) in [6.45, 7) is -0.136. The molecule has 3 aromatic rings. The fourth-order valence-electron chi connectivity index (χ4n) is 3.63. The minimum atomic E-state index is -1.21. The standard InChI is InChI=1S/C27H24O8/c1-31-27-23(35-26(30)20-15-9-4-10-16-20)22(34-25(29)19-13-7-3-8-14-19)21(17-32-27)33-24(28)18-11-5-2-6-12-18/h2-16,21-23,27H,17H2,1H3/t21-,22+,23+,27+/m1/s1. The average molecular weight is 476 g/mol. The smallest absolute Gasteiger partial charge is 0.338 e. The molecule has 0 saturated carbocycles. The molecular formula is C27H24O8. The summed E-state index contributed by atoms with van der Waals surface area (Å²) in [5.74, 6) is -1.98. The number of esters is 3. The summed E-state index contributed by atoms with van der Waals surface area (Å²) in [6, 6.07) is 25.0. The number of hydrogen-bond acceptors (Lipinski definition) is 8. The van der Waals surface area contributed by atoms with Crippen molar-refractivity contribution in [1.29, 1.82) is 0 Å². The lowest BCUT2D eigenvalue weighted by Crippen LogP contribution is -2.58. The van der Waals surface area contributed by atoms with Crippen molar-refractivity contribution in [3.05, 3.63) is 108 Å². The molecule has 0 spiro atoms. The van der Waals surface area contributed by atoms with Gasteiger partial charge in [0, 0.05) is 7.11 Å². The van der Waals surface area contributed by atoms with E-state index < -0.39 is 42.5 Å². The van der Waals surface area contributed by atoms with Crippen LogP contribution in [0.3, 0.4) is 0 Å². The van der Waals surface area contributed by atoms with Crippen LogP contribution in [-0.2, 0) is 23.7 Å². The zero-order valence-corrected chi connectivity index (χ0v) is 18.9. The summed E-state index contributed by atoms with van der Waals surface area (Å²) in [6.07, 6.45) is -4.51. The molecule has 0 N–H and O–H groups in total. The van der Waals surface area contributed by atoms with Gasteiger partial charge in [-0.2, -0.15) is 0 Å². The maximum Gasteiger partial charge on any atom is 0.338 e. The van der Waals surface area contributed by atoms with Crippen LogP contribution in [0.25, 0.3) is 0 Å². The Morgan fingerprint density at radius 3 is 1.46 bits per heavy atom. The van der Waals surface area contributed by atoms with Crippen molar-refractivity contribution in [2.24, 2.45) is 0 Å². The number of methoxy groups -OCH3 is 1. The number of rotatable bonds is 7. The molecule has 4 atom stereocenters. The first kappa shape index (κ1) is 24.1. The van der Waals surface area contributed by atoms with E-state index in [2.05, 4.69) is 0 Å². The predicted molar refractivity (Wildman–Crippen MR) is 124 cm³/mol. The Morgan fingerprint density at radius 1 is 0.629 bits per heavy atom. The largest absolute Gasteiger partial charge is 0.452 e. The van der Waals surface area contributed by atoms with Gasteiger partial charge < -0.3 is 23.7 Å². The van der Waals surface area contributed by atoms with Gasteiger partial charge in [0.25, 0.3) is 0 Å². The Morgan fingerprint density at radius 2 is 1.03 bits per heavy atom. The summed E-state index contributed by atoms with van der Waals surface area (Å²) < 4.78 is 28.1. The topological polar surface area (TPSA) is 97.4 Å². The fourth-order valence-corrected chi connectivity index (χ4v) is 3.63. The highest BCUT2D eigenvalue weighted by molar-refractivity contribution is 5.91. The summed E-state index contributed by atoms with van der Waals surface area (Å²) in [5, 5.41) is 0. The van der Waals surface area contributed by atoms with E-state index in [1.165, 1.54) is 7.11 Å². The normalized spacial score (nSPS) is 21.5. The first-order chi connectivity index (χ1) is 17.1. The van der Waals surface area contributed by atoms with Gasteiger partial charge in [-0.1, -0.05) is 54.6 Å². The third kappa shape index (κ3) is 5.92. The van der Waals surface area contributed by atoms with Gasteiger partial charge in [0.2, 0.25) is 0 Å². The third-order valence-corrected chi connectivity index (χ3v) is 5.39. The van der Waals surface area contributed by atoms with E-state index >= 15 is 0 Å². The molecule has 1 saturated heterocycles. The first-order valence-corrected chi connectivity index (χ1v) is 11.0.